The van der Waals surface area contributed by atoms with E-state index in [9.17, 15) is 4.79 Å². The SMILES string of the molecule is CC1c2ccsc2CCN1C(=O)c1cc2ccccc2[nH]1. The summed E-state index contributed by atoms with van der Waals surface area (Å²) < 4.78 is 0. The Hall–Kier alpha value is -2.07. The summed E-state index contributed by atoms with van der Waals surface area (Å²) in [4.78, 5) is 19.4. The van der Waals surface area contributed by atoms with Gasteiger partial charge in [-0.15, -0.1) is 11.3 Å². The Labute approximate surface area is 127 Å². The first kappa shape index (κ1) is 12.7. The number of hydrogen-bond acceptors (Lipinski definition) is 2. The van der Waals surface area contributed by atoms with Crippen LogP contribution >= 0.6 is 11.3 Å². The van der Waals surface area contributed by atoms with Crippen molar-refractivity contribution >= 4 is 28.1 Å². The van der Waals surface area contributed by atoms with Crippen LogP contribution in [0.4, 0.5) is 0 Å². The lowest BCUT2D eigenvalue weighted by molar-refractivity contribution is 0.0674. The molecule has 0 fully saturated rings. The number of amides is 1. The maximum Gasteiger partial charge on any atom is 0.270 e. The van der Waals surface area contributed by atoms with E-state index >= 15 is 0 Å². The van der Waals surface area contributed by atoms with E-state index in [-0.39, 0.29) is 11.9 Å². The topological polar surface area (TPSA) is 36.1 Å². The second-order valence-corrected chi connectivity index (χ2v) is 6.49. The minimum atomic E-state index is 0.0931. The van der Waals surface area contributed by atoms with E-state index < -0.39 is 0 Å². The van der Waals surface area contributed by atoms with Gasteiger partial charge in [-0.05, 0) is 42.5 Å². The quantitative estimate of drug-likeness (QED) is 0.724. The Morgan fingerprint density at radius 1 is 1.33 bits per heavy atom. The summed E-state index contributed by atoms with van der Waals surface area (Å²) in [5.41, 5.74) is 3.00. The smallest absolute Gasteiger partial charge is 0.270 e. The zero-order valence-corrected chi connectivity index (χ0v) is 12.6. The van der Waals surface area contributed by atoms with Crippen LogP contribution in [0.25, 0.3) is 10.9 Å². The fourth-order valence-corrected chi connectivity index (χ4v) is 4.09. The van der Waals surface area contributed by atoms with Crippen LogP contribution in [0.3, 0.4) is 0 Å². The van der Waals surface area contributed by atoms with E-state index in [4.69, 9.17) is 0 Å². The van der Waals surface area contributed by atoms with Crippen molar-refractivity contribution in [3.63, 3.8) is 0 Å². The molecule has 1 aliphatic rings. The van der Waals surface area contributed by atoms with Gasteiger partial charge in [0.25, 0.3) is 5.91 Å². The molecule has 0 radical (unpaired) electrons. The van der Waals surface area contributed by atoms with Gasteiger partial charge in [0.2, 0.25) is 0 Å². The van der Waals surface area contributed by atoms with E-state index in [0.29, 0.717) is 5.69 Å². The Kier molecular flexibility index (Phi) is 2.86. The fourth-order valence-electron chi connectivity index (χ4n) is 3.13. The minimum Gasteiger partial charge on any atom is -0.351 e. The average Bonchev–Trinajstić information content (AvgIpc) is 3.13. The summed E-state index contributed by atoms with van der Waals surface area (Å²) in [7, 11) is 0. The van der Waals surface area contributed by atoms with Gasteiger partial charge in [0.15, 0.2) is 0 Å². The summed E-state index contributed by atoms with van der Waals surface area (Å²) in [6.07, 6.45) is 0.962. The summed E-state index contributed by atoms with van der Waals surface area (Å²) in [5, 5.41) is 3.21. The first-order valence-corrected chi connectivity index (χ1v) is 8.07. The van der Waals surface area contributed by atoms with Gasteiger partial charge in [-0.1, -0.05) is 18.2 Å². The number of carbonyl (C=O) groups excluding carboxylic acids is 1. The minimum absolute atomic E-state index is 0.0931. The zero-order valence-electron chi connectivity index (χ0n) is 11.8. The molecule has 2 aromatic heterocycles. The lowest BCUT2D eigenvalue weighted by atomic mass is 10.0. The molecular weight excluding hydrogens is 280 g/mol. The summed E-state index contributed by atoms with van der Waals surface area (Å²) in [6, 6.07) is 12.3. The summed E-state index contributed by atoms with van der Waals surface area (Å²) >= 11 is 1.80. The number of carbonyl (C=O) groups is 1. The van der Waals surface area contributed by atoms with Gasteiger partial charge >= 0.3 is 0 Å². The van der Waals surface area contributed by atoms with Crippen molar-refractivity contribution < 1.29 is 4.79 Å². The Morgan fingerprint density at radius 2 is 2.19 bits per heavy atom. The molecule has 0 saturated heterocycles. The molecule has 21 heavy (non-hydrogen) atoms. The molecule has 3 aromatic rings. The number of rotatable bonds is 1. The molecule has 0 spiro atoms. The number of benzene rings is 1. The second-order valence-electron chi connectivity index (χ2n) is 5.49. The molecule has 0 aliphatic carbocycles. The van der Waals surface area contributed by atoms with E-state index in [2.05, 4.69) is 23.4 Å². The van der Waals surface area contributed by atoms with Crippen molar-refractivity contribution in [2.24, 2.45) is 0 Å². The van der Waals surface area contributed by atoms with Crippen LogP contribution in [-0.4, -0.2) is 22.3 Å². The molecule has 1 aromatic carbocycles. The zero-order chi connectivity index (χ0) is 14.4. The predicted octanol–water partition coefficient (Wildman–Crippen LogP) is 3.99. The van der Waals surface area contributed by atoms with Crippen LogP contribution in [0.5, 0.6) is 0 Å². The highest BCUT2D eigenvalue weighted by Gasteiger charge is 2.29. The van der Waals surface area contributed by atoms with Crippen molar-refractivity contribution in [2.45, 2.75) is 19.4 Å². The van der Waals surface area contributed by atoms with Gasteiger partial charge in [-0.3, -0.25) is 4.79 Å². The number of aromatic nitrogens is 1. The molecule has 1 unspecified atom stereocenters. The number of fused-ring (bicyclic) bond motifs is 2. The molecule has 3 heterocycles. The van der Waals surface area contributed by atoms with Crippen LogP contribution in [0.15, 0.2) is 41.8 Å². The lowest BCUT2D eigenvalue weighted by Gasteiger charge is -2.33. The van der Waals surface area contributed by atoms with E-state index in [1.165, 1.54) is 10.4 Å². The third kappa shape index (κ3) is 1.98. The van der Waals surface area contributed by atoms with Crippen molar-refractivity contribution in [3.05, 3.63) is 57.9 Å². The number of H-pyrrole nitrogens is 1. The maximum atomic E-state index is 12.8. The van der Waals surface area contributed by atoms with Crippen LogP contribution in [0.2, 0.25) is 0 Å². The number of hydrogen-bond donors (Lipinski definition) is 1. The first-order chi connectivity index (χ1) is 10.2. The molecular formula is C17H16N2OS. The molecule has 1 N–H and O–H groups in total. The largest absolute Gasteiger partial charge is 0.351 e. The Balaban J connectivity index is 1.69. The number of thiophene rings is 1. The van der Waals surface area contributed by atoms with Crippen molar-refractivity contribution in [2.75, 3.05) is 6.54 Å². The third-order valence-corrected chi connectivity index (χ3v) is 5.29. The van der Waals surface area contributed by atoms with Crippen LogP contribution in [0, 0.1) is 0 Å². The van der Waals surface area contributed by atoms with Gasteiger partial charge < -0.3 is 9.88 Å². The number of para-hydroxylation sites is 1. The molecule has 1 amide bonds. The van der Waals surface area contributed by atoms with Crippen LogP contribution < -0.4 is 0 Å². The van der Waals surface area contributed by atoms with E-state index in [0.717, 1.165) is 23.9 Å². The molecule has 3 nitrogen and oxygen atoms in total. The number of aromatic amines is 1. The molecule has 4 rings (SSSR count). The van der Waals surface area contributed by atoms with Crippen molar-refractivity contribution in [1.82, 2.24) is 9.88 Å². The second kappa shape index (κ2) is 4.74. The average molecular weight is 296 g/mol. The van der Waals surface area contributed by atoms with Gasteiger partial charge in [0.05, 0.1) is 6.04 Å². The number of nitrogens with one attached hydrogen (secondary N) is 1. The normalized spacial score (nSPS) is 18.0. The van der Waals surface area contributed by atoms with Crippen molar-refractivity contribution in [3.8, 4) is 0 Å². The standard InChI is InChI=1S/C17H16N2OS/c1-11-13-7-9-21-16(13)6-8-19(11)17(20)15-10-12-4-2-3-5-14(12)18-15/h2-5,7,9-11,18H,6,8H2,1H3. The molecule has 0 bridgehead atoms. The van der Waals surface area contributed by atoms with Gasteiger partial charge in [0.1, 0.15) is 5.69 Å². The molecule has 106 valence electrons. The van der Waals surface area contributed by atoms with E-state index in [1.54, 1.807) is 11.3 Å². The monoisotopic (exact) mass is 296 g/mol. The molecule has 1 atom stereocenters. The molecule has 4 heteroatoms. The highest BCUT2D eigenvalue weighted by Crippen LogP contribution is 2.33. The highest BCUT2D eigenvalue weighted by atomic mass is 32.1. The lowest BCUT2D eigenvalue weighted by Crippen LogP contribution is -2.38. The van der Waals surface area contributed by atoms with Gasteiger partial charge in [0, 0.05) is 22.3 Å². The van der Waals surface area contributed by atoms with Gasteiger partial charge in [-0.2, -0.15) is 0 Å². The van der Waals surface area contributed by atoms with Crippen molar-refractivity contribution in [1.29, 1.82) is 0 Å². The van der Waals surface area contributed by atoms with Crippen LogP contribution in [0.1, 0.15) is 33.9 Å². The maximum absolute atomic E-state index is 12.8. The third-order valence-electron chi connectivity index (χ3n) is 4.30. The first-order valence-electron chi connectivity index (χ1n) is 7.19. The van der Waals surface area contributed by atoms with Gasteiger partial charge in [-0.25, -0.2) is 0 Å². The fraction of sp³-hybridized carbons (Fsp3) is 0.235. The molecule has 0 saturated carbocycles. The summed E-state index contributed by atoms with van der Waals surface area (Å²) in [6.45, 7) is 2.91. The predicted molar refractivity (Wildman–Crippen MR) is 85.8 cm³/mol. The molecule has 1 aliphatic heterocycles. The van der Waals surface area contributed by atoms with E-state index in [1.807, 2.05) is 35.2 Å². The Morgan fingerprint density at radius 3 is 3.05 bits per heavy atom. The Bertz CT molecular complexity index is 784. The number of nitrogens with zero attached hydrogens (tertiary/aromatic N) is 1. The summed E-state index contributed by atoms with van der Waals surface area (Å²) in [5.74, 6) is 0.0931. The highest BCUT2D eigenvalue weighted by molar-refractivity contribution is 7.10. The van der Waals surface area contributed by atoms with Crippen LogP contribution in [-0.2, 0) is 6.42 Å².